The van der Waals surface area contributed by atoms with E-state index in [1.165, 1.54) is 0 Å². The van der Waals surface area contributed by atoms with Crippen LogP contribution in [0, 0.1) is 0 Å². The highest BCUT2D eigenvalue weighted by atomic mass is 19.1. The van der Waals surface area contributed by atoms with Crippen LogP contribution in [0.3, 0.4) is 0 Å². The van der Waals surface area contributed by atoms with Gasteiger partial charge in [-0.05, 0) is 0 Å². The molecule has 0 radical (unpaired) electrons. The lowest BCUT2D eigenvalue weighted by Crippen LogP contribution is -2.25. The Kier molecular flexibility index (Phi) is 5.30. The topological polar surface area (TPSA) is 12.0 Å². The van der Waals surface area contributed by atoms with Gasteiger partial charge in [-0.15, -0.1) is 0 Å². The lowest BCUT2D eigenvalue weighted by Gasteiger charge is -2.08. The summed E-state index contributed by atoms with van der Waals surface area (Å²) >= 11 is 0. The zero-order valence-corrected chi connectivity index (χ0v) is 7.73. The second-order valence-electron chi connectivity index (χ2n) is 2.87. The lowest BCUT2D eigenvalue weighted by atomic mass is 10.2. The molecule has 1 nitrogen and oxygen atoms in total. The highest BCUT2D eigenvalue weighted by Gasteiger charge is 2.00. The second-order valence-corrected chi connectivity index (χ2v) is 2.87. The molecule has 0 aliphatic heterocycles. The van der Waals surface area contributed by atoms with E-state index in [-0.39, 0.29) is 0 Å². The van der Waals surface area contributed by atoms with Crippen LogP contribution in [0.5, 0.6) is 0 Å². The normalized spacial score (nSPS) is 11.8. The van der Waals surface area contributed by atoms with Crippen molar-refractivity contribution in [2.75, 3.05) is 6.54 Å². The molecular formula is C10H16FN. The minimum absolute atomic E-state index is 0.345. The van der Waals surface area contributed by atoms with Crippen LogP contribution < -0.4 is 5.32 Å². The summed E-state index contributed by atoms with van der Waals surface area (Å²) in [5, 5.41) is 3.09. The van der Waals surface area contributed by atoms with Gasteiger partial charge in [0, 0.05) is 18.2 Å². The molecule has 0 bridgehead atoms. The summed E-state index contributed by atoms with van der Waals surface area (Å²) in [4.78, 5) is 0. The summed E-state index contributed by atoms with van der Waals surface area (Å²) in [6.45, 7) is 11.2. The minimum Gasteiger partial charge on any atom is -0.310 e. The van der Waals surface area contributed by atoms with E-state index in [4.69, 9.17) is 0 Å². The van der Waals surface area contributed by atoms with Crippen molar-refractivity contribution in [1.82, 2.24) is 5.32 Å². The molecule has 1 N–H and O–H groups in total. The van der Waals surface area contributed by atoms with Gasteiger partial charge >= 0.3 is 0 Å². The third kappa shape index (κ3) is 4.85. The van der Waals surface area contributed by atoms with Crippen molar-refractivity contribution in [1.29, 1.82) is 0 Å². The number of allylic oxidation sites excluding steroid dienone is 2. The van der Waals surface area contributed by atoms with Crippen molar-refractivity contribution in [2.45, 2.75) is 19.9 Å². The van der Waals surface area contributed by atoms with Gasteiger partial charge in [0.15, 0.2) is 0 Å². The molecule has 0 atom stereocenters. The van der Waals surface area contributed by atoms with E-state index < -0.39 is 5.83 Å². The molecule has 0 heterocycles. The fourth-order valence-corrected chi connectivity index (χ4v) is 0.702. The van der Waals surface area contributed by atoms with Crippen LogP contribution in [0.15, 0.2) is 36.7 Å². The van der Waals surface area contributed by atoms with Gasteiger partial charge in [0.2, 0.25) is 0 Å². The summed E-state index contributed by atoms with van der Waals surface area (Å²) in [6.07, 6.45) is 3.18. The Hall–Kier alpha value is -0.890. The maximum Gasteiger partial charge on any atom is 0.120 e. The summed E-state index contributed by atoms with van der Waals surface area (Å²) in [5.41, 5.74) is 0.554. The molecular weight excluding hydrogens is 153 g/mol. The Balaban J connectivity index is 4.06. The smallest absolute Gasteiger partial charge is 0.120 e. The standard InChI is InChI=1S/C10H16FN/c1-5-6-10(9(4)11)7-12-8(2)3/h5-6,8,12H,1,4,7H2,2-3H3/b10-6-. The third-order valence-corrected chi connectivity index (χ3v) is 1.37. The van der Waals surface area contributed by atoms with Crippen molar-refractivity contribution in [3.05, 3.63) is 36.7 Å². The Morgan fingerprint density at radius 2 is 2.17 bits per heavy atom. The zero-order valence-electron chi connectivity index (χ0n) is 7.73. The summed E-state index contributed by atoms with van der Waals surface area (Å²) in [7, 11) is 0. The van der Waals surface area contributed by atoms with E-state index in [9.17, 15) is 4.39 Å². The minimum atomic E-state index is -0.400. The molecule has 0 unspecified atom stereocenters. The van der Waals surface area contributed by atoms with E-state index in [0.717, 1.165) is 0 Å². The fraction of sp³-hybridized carbons (Fsp3) is 0.400. The Labute approximate surface area is 73.7 Å². The number of nitrogens with one attached hydrogen (secondary N) is 1. The molecule has 68 valence electrons. The van der Waals surface area contributed by atoms with Gasteiger partial charge in [0.1, 0.15) is 5.83 Å². The van der Waals surface area contributed by atoms with Gasteiger partial charge in [-0.3, -0.25) is 0 Å². The lowest BCUT2D eigenvalue weighted by molar-refractivity contribution is 0.592. The Morgan fingerprint density at radius 1 is 1.58 bits per heavy atom. The Bertz CT molecular complexity index is 192. The number of hydrogen-bond acceptors (Lipinski definition) is 1. The first-order valence-corrected chi connectivity index (χ1v) is 3.97. The zero-order chi connectivity index (χ0) is 9.56. The molecule has 0 amide bonds. The molecule has 0 saturated heterocycles. The van der Waals surface area contributed by atoms with Gasteiger partial charge in [-0.1, -0.05) is 39.2 Å². The fourth-order valence-electron chi connectivity index (χ4n) is 0.702. The SMILES string of the molecule is C=C/C=C(/CNC(C)C)C(=C)F. The van der Waals surface area contributed by atoms with Crippen LogP contribution in [0.2, 0.25) is 0 Å². The van der Waals surface area contributed by atoms with Crippen LogP contribution >= 0.6 is 0 Å². The van der Waals surface area contributed by atoms with Crippen LogP contribution in [0.4, 0.5) is 4.39 Å². The predicted molar refractivity (Wildman–Crippen MR) is 51.7 cm³/mol. The van der Waals surface area contributed by atoms with E-state index >= 15 is 0 Å². The Morgan fingerprint density at radius 3 is 2.50 bits per heavy atom. The molecule has 2 heteroatoms. The first-order valence-electron chi connectivity index (χ1n) is 3.97. The van der Waals surface area contributed by atoms with Crippen molar-refractivity contribution in [3.8, 4) is 0 Å². The van der Waals surface area contributed by atoms with Crippen molar-refractivity contribution in [2.24, 2.45) is 0 Å². The molecule has 12 heavy (non-hydrogen) atoms. The number of halogens is 1. The van der Waals surface area contributed by atoms with Crippen molar-refractivity contribution in [3.63, 3.8) is 0 Å². The van der Waals surface area contributed by atoms with Crippen LogP contribution in [-0.4, -0.2) is 12.6 Å². The molecule has 0 aromatic rings. The first-order chi connectivity index (χ1) is 5.57. The molecule has 0 aliphatic carbocycles. The van der Waals surface area contributed by atoms with Crippen LogP contribution in [0.25, 0.3) is 0 Å². The predicted octanol–water partition coefficient (Wildman–Crippen LogP) is 2.58. The van der Waals surface area contributed by atoms with Crippen LogP contribution in [-0.2, 0) is 0 Å². The monoisotopic (exact) mass is 169 g/mol. The number of hydrogen-bond donors (Lipinski definition) is 1. The first kappa shape index (κ1) is 11.1. The largest absolute Gasteiger partial charge is 0.310 e. The molecule has 0 aromatic carbocycles. The van der Waals surface area contributed by atoms with Gasteiger partial charge in [-0.2, -0.15) is 0 Å². The summed E-state index contributed by atoms with van der Waals surface area (Å²) < 4.78 is 12.7. The third-order valence-electron chi connectivity index (χ3n) is 1.37. The quantitative estimate of drug-likeness (QED) is 0.624. The summed E-state index contributed by atoms with van der Waals surface area (Å²) in [6, 6.07) is 0.345. The molecule has 0 rings (SSSR count). The molecule has 0 aromatic heterocycles. The van der Waals surface area contributed by atoms with E-state index in [1.54, 1.807) is 12.2 Å². The average molecular weight is 169 g/mol. The van der Waals surface area contributed by atoms with Gasteiger partial charge in [0.05, 0.1) is 0 Å². The number of rotatable bonds is 5. The second kappa shape index (κ2) is 5.72. The van der Waals surface area contributed by atoms with Crippen LogP contribution in [0.1, 0.15) is 13.8 Å². The van der Waals surface area contributed by atoms with E-state index in [0.29, 0.717) is 18.2 Å². The maximum absolute atomic E-state index is 12.7. The van der Waals surface area contributed by atoms with Gasteiger partial charge in [0.25, 0.3) is 0 Å². The highest BCUT2D eigenvalue weighted by Crippen LogP contribution is 2.07. The summed E-state index contributed by atoms with van der Waals surface area (Å²) in [5.74, 6) is -0.400. The highest BCUT2D eigenvalue weighted by molar-refractivity contribution is 5.27. The van der Waals surface area contributed by atoms with E-state index in [2.05, 4.69) is 18.5 Å². The maximum atomic E-state index is 12.7. The molecule has 0 spiro atoms. The van der Waals surface area contributed by atoms with Gasteiger partial charge < -0.3 is 5.32 Å². The average Bonchev–Trinajstić information content (AvgIpc) is 1.96. The molecule has 0 saturated carbocycles. The van der Waals surface area contributed by atoms with Crippen molar-refractivity contribution < 1.29 is 4.39 Å². The molecule has 0 aliphatic rings. The van der Waals surface area contributed by atoms with E-state index in [1.807, 2.05) is 13.8 Å². The molecule has 0 fully saturated rings. The van der Waals surface area contributed by atoms with Crippen molar-refractivity contribution >= 4 is 0 Å². The van der Waals surface area contributed by atoms with Gasteiger partial charge in [-0.25, -0.2) is 4.39 Å².